The van der Waals surface area contributed by atoms with E-state index in [1.165, 1.54) is 31.0 Å². The normalized spacial score (nSPS) is 26.2. The molecule has 1 saturated heterocycles. The third-order valence-electron chi connectivity index (χ3n) is 4.85. The highest BCUT2D eigenvalue weighted by atomic mass is 19.1. The Balaban J connectivity index is 1.84. The van der Waals surface area contributed by atoms with Gasteiger partial charge >= 0.3 is 0 Å². The van der Waals surface area contributed by atoms with Crippen LogP contribution in [-0.2, 0) is 6.54 Å². The monoisotopic (exact) mass is 280 g/mol. The fourth-order valence-corrected chi connectivity index (χ4v) is 3.69. The lowest BCUT2D eigenvalue weighted by Gasteiger charge is -2.47. The van der Waals surface area contributed by atoms with Crippen LogP contribution < -0.4 is 5.32 Å². The molecule has 0 aromatic heterocycles. The van der Waals surface area contributed by atoms with E-state index in [1.807, 2.05) is 0 Å². The highest BCUT2D eigenvalue weighted by Crippen LogP contribution is 2.37. The van der Waals surface area contributed by atoms with Crippen LogP contribution in [0.4, 0.5) is 8.78 Å². The SMILES string of the molecule is CC1CN(Cc2cc(F)ccc2F)C2(CCCC2)CN1. The van der Waals surface area contributed by atoms with Crippen LogP contribution in [0.3, 0.4) is 0 Å². The fourth-order valence-electron chi connectivity index (χ4n) is 3.69. The first-order valence-corrected chi connectivity index (χ1v) is 7.51. The van der Waals surface area contributed by atoms with E-state index in [2.05, 4.69) is 17.1 Å². The molecule has 1 aromatic rings. The van der Waals surface area contributed by atoms with Crippen LogP contribution in [0, 0.1) is 11.6 Å². The minimum atomic E-state index is -0.356. The molecule has 1 atom stereocenters. The summed E-state index contributed by atoms with van der Waals surface area (Å²) in [6.07, 6.45) is 4.78. The van der Waals surface area contributed by atoms with Crippen molar-refractivity contribution in [2.75, 3.05) is 13.1 Å². The Hall–Kier alpha value is -1.00. The maximum atomic E-state index is 13.9. The summed E-state index contributed by atoms with van der Waals surface area (Å²) in [7, 11) is 0. The Bertz CT molecular complexity index is 483. The number of hydrogen-bond acceptors (Lipinski definition) is 2. The molecule has 1 heterocycles. The zero-order chi connectivity index (χ0) is 14.2. The van der Waals surface area contributed by atoms with Crippen molar-refractivity contribution < 1.29 is 8.78 Å². The highest BCUT2D eigenvalue weighted by Gasteiger charge is 2.42. The lowest BCUT2D eigenvalue weighted by molar-refractivity contribution is 0.0383. The predicted octanol–water partition coefficient (Wildman–Crippen LogP) is 3.07. The number of benzene rings is 1. The maximum absolute atomic E-state index is 13.9. The zero-order valence-electron chi connectivity index (χ0n) is 12.0. The molecule has 3 rings (SSSR count). The number of nitrogens with one attached hydrogen (secondary N) is 1. The third kappa shape index (κ3) is 2.59. The Morgan fingerprint density at radius 3 is 2.80 bits per heavy atom. The lowest BCUT2D eigenvalue weighted by atomic mass is 9.90. The van der Waals surface area contributed by atoms with Crippen LogP contribution >= 0.6 is 0 Å². The molecule has 110 valence electrons. The Morgan fingerprint density at radius 1 is 1.30 bits per heavy atom. The lowest BCUT2D eigenvalue weighted by Crippen LogP contribution is -2.62. The molecule has 1 unspecified atom stereocenters. The molecule has 2 fully saturated rings. The first kappa shape index (κ1) is 14.0. The minimum Gasteiger partial charge on any atom is -0.311 e. The highest BCUT2D eigenvalue weighted by molar-refractivity contribution is 5.19. The van der Waals surface area contributed by atoms with Gasteiger partial charge in [-0.3, -0.25) is 4.90 Å². The molecule has 0 bridgehead atoms. The van der Waals surface area contributed by atoms with E-state index in [4.69, 9.17) is 0 Å². The van der Waals surface area contributed by atoms with Gasteiger partial charge in [-0.1, -0.05) is 12.8 Å². The molecular formula is C16H22F2N2. The number of hydrogen-bond donors (Lipinski definition) is 1. The molecular weight excluding hydrogens is 258 g/mol. The molecule has 1 aromatic carbocycles. The van der Waals surface area contributed by atoms with E-state index >= 15 is 0 Å². The largest absolute Gasteiger partial charge is 0.311 e. The van der Waals surface area contributed by atoms with Gasteiger partial charge in [0.25, 0.3) is 0 Å². The van der Waals surface area contributed by atoms with Crippen molar-refractivity contribution in [3.8, 4) is 0 Å². The van der Waals surface area contributed by atoms with E-state index < -0.39 is 0 Å². The molecule has 2 aliphatic rings. The molecule has 1 aliphatic heterocycles. The second-order valence-electron chi connectivity index (χ2n) is 6.33. The smallest absolute Gasteiger partial charge is 0.127 e. The summed E-state index contributed by atoms with van der Waals surface area (Å²) in [4.78, 5) is 2.37. The second kappa shape index (κ2) is 5.41. The van der Waals surface area contributed by atoms with Gasteiger partial charge in [-0.2, -0.15) is 0 Å². The predicted molar refractivity (Wildman–Crippen MR) is 75.4 cm³/mol. The Morgan fingerprint density at radius 2 is 2.05 bits per heavy atom. The summed E-state index contributed by atoms with van der Waals surface area (Å²) in [5, 5.41) is 3.55. The first-order chi connectivity index (χ1) is 9.59. The fraction of sp³-hybridized carbons (Fsp3) is 0.625. The molecule has 1 aliphatic carbocycles. The molecule has 1 spiro atoms. The number of piperazine rings is 1. The van der Waals surface area contributed by atoms with E-state index in [0.717, 1.165) is 25.9 Å². The first-order valence-electron chi connectivity index (χ1n) is 7.51. The summed E-state index contributed by atoms with van der Waals surface area (Å²) in [6, 6.07) is 4.16. The average Bonchev–Trinajstić information content (AvgIpc) is 2.88. The van der Waals surface area contributed by atoms with Crippen LogP contribution in [0.1, 0.15) is 38.2 Å². The maximum Gasteiger partial charge on any atom is 0.127 e. The standard InChI is InChI=1S/C16H22F2N2/c1-12-9-20(16(11-19-12)6-2-3-7-16)10-13-8-14(17)4-5-15(13)18/h4-5,8,12,19H,2-3,6-7,9-11H2,1H3. The molecule has 20 heavy (non-hydrogen) atoms. The van der Waals surface area contributed by atoms with Gasteiger partial charge in [0.15, 0.2) is 0 Å². The zero-order valence-corrected chi connectivity index (χ0v) is 12.0. The summed E-state index contributed by atoms with van der Waals surface area (Å²) in [5.41, 5.74) is 0.621. The van der Waals surface area contributed by atoms with Crippen molar-refractivity contribution in [1.29, 1.82) is 0 Å². The van der Waals surface area contributed by atoms with Gasteiger partial charge in [-0.05, 0) is 38.0 Å². The van der Waals surface area contributed by atoms with Gasteiger partial charge in [-0.25, -0.2) is 8.78 Å². The van der Waals surface area contributed by atoms with E-state index in [9.17, 15) is 8.78 Å². The van der Waals surface area contributed by atoms with Crippen molar-refractivity contribution >= 4 is 0 Å². The molecule has 2 nitrogen and oxygen atoms in total. The molecule has 4 heteroatoms. The van der Waals surface area contributed by atoms with Crippen LogP contribution in [0.2, 0.25) is 0 Å². The summed E-state index contributed by atoms with van der Waals surface area (Å²) in [5.74, 6) is -0.657. The quantitative estimate of drug-likeness (QED) is 0.895. The van der Waals surface area contributed by atoms with Crippen LogP contribution in [0.25, 0.3) is 0 Å². The van der Waals surface area contributed by atoms with Crippen molar-refractivity contribution in [2.45, 2.75) is 50.7 Å². The van der Waals surface area contributed by atoms with E-state index in [-0.39, 0.29) is 17.2 Å². The Kier molecular flexibility index (Phi) is 3.78. The summed E-state index contributed by atoms with van der Waals surface area (Å²) in [6.45, 7) is 4.52. The van der Waals surface area contributed by atoms with Crippen molar-refractivity contribution in [3.05, 3.63) is 35.4 Å². The van der Waals surface area contributed by atoms with Crippen molar-refractivity contribution in [3.63, 3.8) is 0 Å². The molecule has 0 amide bonds. The number of rotatable bonds is 2. The van der Waals surface area contributed by atoms with Gasteiger partial charge < -0.3 is 5.32 Å². The third-order valence-corrected chi connectivity index (χ3v) is 4.85. The van der Waals surface area contributed by atoms with Gasteiger partial charge in [0.1, 0.15) is 11.6 Å². The molecule has 0 radical (unpaired) electrons. The summed E-state index contributed by atoms with van der Waals surface area (Å²) >= 11 is 0. The number of halogens is 2. The summed E-state index contributed by atoms with van der Waals surface area (Å²) < 4.78 is 27.2. The van der Waals surface area contributed by atoms with E-state index in [0.29, 0.717) is 18.2 Å². The van der Waals surface area contributed by atoms with Gasteiger partial charge in [0.05, 0.1) is 0 Å². The van der Waals surface area contributed by atoms with Crippen LogP contribution in [0.15, 0.2) is 18.2 Å². The molecule has 1 saturated carbocycles. The van der Waals surface area contributed by atoms with E-state index in [1.54, 1.807) is 0 Å². The topological polar surface area (TPSA) is 15.3 Å². The van der Waals surface area contributed by atoms with Crippen LogP contribution in [-0.4, -0.2) is 29.6 Å². The Labute approximate surface area is 119 Å². The van der Waals surface area contributed by atoms with Crippen LogP contribution in [0.5, 0.6) is 0 Å². The van der Waals surface area contributed by atoms with Crippen molar-refractivity contribution in [1.82, 2.24) is 10.2 Å². The average molecular weight is 280 g/mol. The van der Waals surface area contributed by atoms with Gasteiger partial charge in [0.2, 0.25) is 0 Å². The number of nitrogens with zero attached hydrogens (tertiary/aromatic N) is 1. The van der Waals surface area contributed by atoms with Gasteiger partial charge in [0, 0.05) is 36.8 Å². The second-order valence-corrected chi connectivity index (χ2v) is 6.33. The van der Waals surface area contributed by atoms with Gasteiger partial charge in [-0.15, -0.1) is 0 Å². The van der Waals surface area contributed by atoms with Crippen molar-refractivity contribution in [2.24, 2.45) is 0 Å². The molecule has 1 N–H and O–H groups in total. The minimum absolute atomic E-state index is 0.144.